The van der Waals surface area contributed by atoms with Crippen LogP contribution < -0.4 is 14.9 Å². The largest absolute Gasteiger partial charge is 0.508 e. The van der Waals surface area contributed by atoms with Crippen LogP contribution in [0.5, 0.6) is 17.2 Å². The molecule has 0 aliphatic carbocycles. The number of aromatic hydroxyl groups is 1. The molecule has 0 saturated heterocycles. The van der Waals surface area contributed by atoms with Gasteiger partial charge in [-0.2, -0.15) is 0 Å². The van der Waals surface area contributed by atoms with Gasteiger partial charge in [-0.05, 0) is 23.8 Å². The number of hydrogen-bond acceptors (Lipinski definition) is 7. The monoisotopic (exact) mass is 370 g/mol. The highest BCUT2D eigenvalue weighted by Crippen LogP contribution is 2.32. The third kappa shape index (κ3) is 3.72. The van der Waals surface area contributed by atoms with Gasteiger partial charge in [-0.1, -0.05) is 0 Å². The summed E-state index contributed by atoms with van der Waals surface area (Å²) in [5.41, 5.74) is 0.730. The number of benzene rings is 2. The van der Waals surface area contributed by atoms with E-state index in [9.17, 15) is 14.7 Å². The van der Waals surface area contributed by atoms with Crippen molar-refractivity contribution in [1.29, 1.82) is 0 Å². The molecule has 27 heavy (non-hydrogen) atoms. The minimum atomic E-state index is -0.525. The molecule has 0 fully saturated rings. The van der Waals surface area contributed by atoms with E-state index in [0.717, 1.165) is 0 Å². The number of methoxy groups -OCH3 is 3. The van der Waals surface area contributed by atoms with E-state index in [4.69, 9.17) is 13.9 Å². The van der Waals surface area contributed by atoms with Gasteiger partial charge >= 0.3 is 5.97 Å². The SMILES string of the molecule is COC(=O)Cc1cc(O)cc2oc(-c3cc(OC)cc(OC)c3)cc(=O)c12. The first-order valence-corrected chi connectivity index (χ1v) is 8.05. The van der Waals surface area contributed by atoms with Crippen molar-refractivity contribution in [3.63, 3.8) is 0 Å². The van der Waals surface area contributed by atoms with Gasteiger partial charge in [0.15, 0.2) is 5.43 Å². The first-order chi connectivity index (χ1) is 12.9. The Balaban J connectivity index is 2.21. The smallest absolute Gasteiger partial charge is 0.310 e. The summed E-state index contributed by atoms with van der Waals surface area (Å²) in [5, 5.41) is 10.2. The van der Waals surface area contributed by atoms with E-state index >= 15 is 0 Å². The number of rotatable bonds is 5. The molecule has 1 aromatic heterocycles. The zero-order valence-corrected chi connectivity index (χ0v) is 15.1. The van der Waals surface area contributed by atoms with E-state index in [1.165, 1.54) is 39.5 Å². The number of phenolic OH excluding ortho intramolecular Hbond substituents is 1. The normalized spacial score (nSPS) is 10.6. The number of fused-ring (bicyclic) bond motifs is 1. The average Bonchev–Trinajstić information content (AvgIpc) is 2.66. The molecule has 7 heteroatoms. The molecule has 7 nitrogen and oxygen atoms in total. The summed E-state index contributed by atoms with van der Waals surface area (Å²) in [6, 6.07) is 9.11. The maximum Gasteiger partial charge on any atom is 0.310 e. The molecule has 0 saturated carbocycles. The van der Waals surface area contributed by atoms with Crippen molar-refractivity contribution in [3.05, 3.63) is 52.2 Å². The summed E-state index contributed by atoms with van der Waals surface area (Å²) in [4.78, 5) is 24.3. The zero-order valence-electron chi connectivity index (χ0n) is 15.1. The molecule has 0 amide bonds. The summed E-state index contributed by atoms with van der Waals surface area (Å²) >= 11 is 0. The lowest BCUT2D eigenvalue weighted by Gasteiger charge is -2.10. The predicted molar refractivity (Wildman–Crippen MR) is 98.4 cm³/mol. The van der Waals surface area contributed by atoms with E-state index in [2.05, 4.69) is 4.74 Å². The second-order valence-electron chi connectivity index (χ2n) is 5.81. The maximum atomic E-state index is 12.7. The van der Waals surface area contributed by atoms with Crippen LogP contribution in [0, 0.1) is 0 Å². The number of hydrogen-bond donors (Lipinski definition) is 1. The summed E-state index contributed by atoms with van der Waals surface area (Å²) in [6.07, 6.45) is -0.154. The van der Waals surface area contributed by atoms with Crippen LogP contribution >= 0.6 is 0 Å². The van der Waals surface area contributed by atoms with Gasteiger partial charge in [-0.3, -0.25) is 9.59 Å². The van der Waals surface area contributed by atoms with E-state index in [1.807, 2.05) is 0 Å². The molecule has 0 aliphatic rings. The van der Waals surface area contributed by atoms with Crippen molar-refractivity contribution >= 4 is 16.9 Å². The second-order valence-corrected chi connectivity index (χ2v) is 5.81. The Morgan fingerprint density at radius 3 is 2.26 bits per heavy atom. The van der Waals surface area contributed by atoms with Crippen molar-refractivity contribution in [2.24, 2.45) is 0 Å². The molecule has 0 bridgehead atoms. The first kappa shape index (κ1) is 18.3. The fraction of sp³-hybridized carbons (Fsp3) is 0.200. The summed E-state index contributed by atoms with van der Waals surface area (Å²) < 4.78 is 21.0. The van der Waals surface area contributed by atoms with Gasteiger partial charge < -0.3 is 23.7 Å². The standard InChI is InChI=1S/C20H18O7/c1-24-14-5-11(6-15(9-14)25-2)17-10-16(22)20-12(7-19(23)26-3)4-13(21)8-18(20)27-17/h4-6,8-10,21H,7H2,1-3H3. The zero-order chi connectivity index (χ0) is 19.6. The van der Waals surface area contributed by atoms with E-state index in [0.29, 0.717) is 22.6 Å². The molecule has 3 rings (SSSR count). The number of carbonyl (C=O) groups is 1. The number of ether oxygens (including phenoxy) is 3. The predicted octanol–water partition coefficient (Wildman–Crippen LogP) is 2.90. The third-order valence-corrected chi connectivity index (χ3v) is 4.10. The quantitative estimate of drug-likeness (QED) is 0.690. The molecule has 0 radical (unpaired) electrons. The third-order valence-electron chi connectivity index (χ3n) is 4.10. The lowest BCUT2D eigenvalue weighted by Crippen LogP contribution is -2.09. The van der Waals surface area contributed by atoms with Crippen LogP contribution in [0.15, 0.2) is 45.6 Å². The van der Waals surface area contributed by atoms with Crippen molar-refractivity contribution in [3.8, 4) is 28.6 Å². The second kappa shape index (κ2) is 7.41. The molecule has 0 unspecified atom stereocenters. The highest BCUT2D eigenvalue weighted by molar-refractivity contribution is 5.87. The Kier molecular flexibility index (Phi) is 5.03. The number of esters is 1. The highest BCUT2D eigenvalue weighted by Gasteiger charge is 2.16. The average molecular weight is 370 g/mol. The minimum Gasteiger partial charge on any atom is -0.508 e. The van der Waals surface area contributed by atoms with Gasteiger partial charge in [0.1, 0.15) is 28.6 Å². The van der Waals surface area contributed by atoms with Crippen LogP contribution in [0.1, 0.15) is 5.56 Å². The summed E-state index contributed by atoms with van der Waals surface area (Å²) in [5.74, 6) is 0.705. The summed E-state index contributed by atoms with van der Waals surface area (Å²) in [7, 11) is 4.29. The fourth-order valence-corrected chi connectivity index (χ4v) is 2.82. The van der Waals surface area contributed by atoms with Crippen LogP contribution in [0.2, 0.25) is 0 Å². The molecule has 2 aromatic carbocycles. The van der Waals surface area contributed by atoms with Gasteiger partial charge in [0.05, 0.1) is 33.1 Å². The molecule has 1 N–H and O–H groups in total. The first-order valence-electron chi connectivity index (χ1n) is 8.05. The molecule has 3 aromatic rings. The summed E-state index contributed by atoms with van der Waals surface area (Å²) in [6.45, 7) is 0. The van der Waals surface area contributed by atoms with Crippen LogP contribution in [0.25, 0.3) is 22.3 Å². The molecule has 0 spiro atoms. The van der Waals surface area contributed by atoms with Crippen LogP contribution in [-0.4, -0.2) is 32.4 Å². The highest BCUT2D eigenvalue weighted by atomic mass is 16.5. The molecular formula is C20H18O7. The lowest BCUT2D eigenvalue weighted by molar-refractivity contribution is -0.139. The Bertz CT molecular complexity index is 1040. The van der Waals surface area contributed by atoms with Crippen molar-refractivity contribution in [2.75, 3.05) is 21.3 Å². The van der Waals surface area contributed by atoms with Gasteiger partial charge in [-0.15, -0.1) is 0 Å². The minimum absolute atomic E-state index is 0.120. The van der Waals surface area contributed by atoms with Gasteiger partial charge in [0, 0.05) is 23.8 Å². The maximum absolute atomic E-state index is 12.7. The van der Waals surface area contributed by atoms with Gasteiger partial charge in [0.2, 0.25) is 0 Å². The molecule has 140 valence electrons. The Morgan fingerprint density at radius 2 is 1.67 bits per heavy atom. The molecule has 0 aliphatic heterocycles. The van der Waals surface area contributed by atoms with Gasteiger partial charge in [0.25, 0.3) is 0 Å². The van der Waals surface area contributed by atoms with Crippen LogP contribution in [0.3, 0.4) is 0 Å². The van der Waals surface area contributed by atoms with Gasteiger partial charge in [-0.25, -0.2) is 0 Å². The Morgan fingerprint density at radius 1 is 1.00 bits per heavy atom. The topological polar surface area (TPSA) is 95.2 Å². The fourth-order valence-electron chi connectivity index (χ4n) is 2.82. The van der Waals surface area contributed by atoms with Crippen molar-refractivity contribution < 1.29 is 28.5 Å². The lowest BCUT2D eigenvalue weighted by atomic mass is 10.0. The van der Waals surface area contributed by atoms with Crippen molar-refractivity contribution in [2.45, 2.75) is 6.42 Å². The number of phenols is 1. The molecule has 1 heterocycles. The number of carbonyl (C=O) groups excluding carboxylic acids is 1. The molecule has 0 atom stereocenters. The Hall–Kier alpha value is -3.48. The van der Waals surface area contributed by atoms with Crippen molar-refractivity contribution in [1.82, 2.24) is 0 Å². The van der Waals surface area contributed by atoms with E-state index < -0.39 is 5.97 Å². The Labute approximate surface area is 154 Å². The van der Waals surface area contributed by atoms with Crippen LogP contribution in [-0.2, 0) is 16.0 Å². The van der Waals surface area contributed by atoms with E-state index in [1.54, 1.807) is 18.2 Å². The van der Waals surface area contributed by atoms with Crippen LogP contribution in [0.4, 0.5) is 0 Å². The molecular weight excluding hydrogens is 352 g/mol. The van der Waals surface area contributed by atoms with E-state index in [-0.39, 0.29) is 34.3 Å².